The van der Waals surface area contributed by atoms with Gasteiger partial charge in [0.1, 0.15) is 0 Å². The van der Waals surface area contributed by atoms with E-state index in [0.29, 0.717) is 5.56 Å². The minimum absolute atomic E-state index is 0.0260. The molecule has 128 valence electrons. The first kappa shape index (κ1) is 18.0. The van der Waals surface area contributed by atoms with Crippen molar-refractivity contribution in [3.8, 4) is 0 Å². The summed E-state index contributed by atoms with van der Waals surface area (Å²) in [5.74, 6) is 0.0260. The fourth-order valence-corrected chi connectivity index (χ4v) is 2.72. The van der Waals surface area contributed by atoms with Gasteiger partial charge in [0.2, 0.25) is 0 Å². The molecule has 1 aromatic carbocycles. The number of anilines is 2. The SMILES string of the molecule is CCCCN(C)C(=O)c1cncc(N(CC)c2cccc(C)c2)c1. The van der Waals surface area contributed by atoms with E-state index >= 15 is 0 Å². The molecule has 0 N–H and O–H groups in total. The van der Waals surface area contributed by atoms with Gasteiger partial charge >= 0.3 is 0 Å². The van der Waals surface area contributed by atoms with Crippen LogP contribution < -0.4 is 4.90 Å². The third-order valence-electron chi connectivity index (χ3n) is 4.11. The summed E-state index contributed by atoms with van der Waals surface area (Å²) >= 11 is 0. The lowest BCUT2D eigenvalue weighted by Gasteiger charge is -2.24. The zero-order chi connectivity index (χ0) is 17.5. The van der Waals surface area contributed by atoms with Crippen LogP contribution in [0.3, 0.4) is 0 Å². The van der Waals surface area contributed by atoms with Gasteiger partial charge < -0.3 is 9.80 Å². The Morgan fingerprint density at radius 1 is 1.12 bits per heavy atom. The molecule has 4 heteroatoms. The van der Waals surface area contributed by atoms with Crippen molar-refractivity contribution < 1.29 is 4.79 Å². The molecule has 1 heterocycles. The molecule has 0 aliphatic heterocycles. The van der Waals surface area contributed by atoms with Crippen molar-refractivity contribution in [3.63, 3.8) is 0 Å². The number of aryl methyl sites for hydroxylation is 1. The van der Waals surface area contributed by atoms with Gasteiger partial charge in [0.05, 0.1) is 17.4 Å². The first-order valence-corrected chi connectivity index (χ1v) is 8.61. The highest BCUT2D eigenvalue weighted by Crippen LogP contribution is 2.26. The van der Waals surface area contributed by atoms with E-state index in [4.69, 9.17) is 0 Å². The van der Waals surface area contributed by atoms with Crippen molar-refractivity contribution in [1.29, 1.82) is 0 Å². The van der Waals surface area contributed by atoms with Crippen LogP contribution in [0.25, 0.3) is 0 Å². The molecular formula is C20H27N3O. The normalized spacial score (nSPS) is 10.5. The highest BCUT2D eigenvalue weighted by Gasteiger charge is 2.15. The van der Waals surface area contributed by atoms with Crippen molar-refractivity contribution in [3.05, 3.63) is 53.9 Å². The van der Waals surface area contributed by atoms with Gasteiger partial charge in [-0.05, 0) is 44.0 Å². The molecule has 0 bridgehead atoms. The number of carbonyl (C=O) groups is 1. The van der Waals surface area contributed by atoms with E-state index in [2.05, 4.69) is 48.9 Å². The van der Waals surface area contributed by atoms with E-state index in [0.717, 1.165) is 37.3 Å². The zero-order valence-corrected chi connectivity index (χ0v) is 15.1. The average Bonchev–Trinajstić information content (AvgIpc) is 2.60. The summed E-state index contributed by atoms with van der Waals surface area (Å²) in [6.45, 7) is 7.90. The lowest BCUT2D eigenvalue weighted by molar-refractivity contribution is 0.0793. The summed E-state index contributed by atoms with van der Waals surface area (Å²) in [5, 5.41) is 0. The van der Waals surface area contributed by atoms with E-state index in [1.807, 2.05) is 25.4 Å². The largest absolute Gasteiger partial charge is 0.342 e. The van der Waals surface area contributed by atoms with Crippen molar-refractivity contribution >= 4 is 17.3 Å². The Kier molecular flexibility index (Phi) is 6.36. The molecule has 0 atom stereocenters. The third-order valence-corrected chi connectivity index (χ3v) is 4.11. The second-order valence-electron chi connectivity index (χ2n) is 6.10. The van der Waals surface area contributed by atoms with Crippen LogP contribution in [-0.2, 0) is 0 Å². The number of hydrogen-bond acceptors (Lipinski definition) is 3. The van der Waals surface area contributed by atoms with Crippen LogP contribution in [0.4, 0.5) is 11.4 Å². The van der Waals surface area contributed by atoms with Gasteiger partial charge in [-0.25, -0.2) is 0 Å². The summed E-state index contributed by atoms with van der Waals surface area (Å²) in [5.41, 5.74) is 3.91. The smallest absolute Gasteiger partial charge is 0.255 e. The monoisotopic (exact) mass is 325 g/mol. The number of nitrogens with zero attached hydrogens (tertiary/aromatic N) is 3. The lowest BCUT2D eigenvalue weighted by atomic mass is 10.1. The van der Waals surface area contributed by atoms with Crippen LogP contribution in [0, 0.1) is 6.92 Å². The lowest BCUT2D eigenvalue weighted by Crippen LogP contribution is -2.28. The summed E-state index contributed by atoms with van der Waals surface area (Å²) in [6.07, 6.45) is 5.56. The van der Waals surface area contributed by atoms with Crippen LogP contribution in [0.2, 0.25) is 0 Å². The van der Waals surface area contributed by atoms with Crippen molar-refractivity contribution in [2.24, 2.45) is 0 Å². The fourth-order valence-electron chi connectivity index (χ4n) is 2.72. The Bertz CT molecular complexity index is 684. The summed E-state index contributed by atoms with van der Waals surface area (Å²) in [4.78, 5) is 20.8. The Hall–Kier alpha value is -2.36. The van der Waals surface area contributed by atoms with Crippen LogP contribution in [0.15, 0.2) is 42.7 Å². The maximum atomic E-state index is 12.6. The fraction of sp³-hybridized carbons (Fsp3) is 0.400. The number of unbranched alkanes of at least 4 members (excludes halogenated alkanes) is 1. The molecule has 0 aliphatic carbocycles. The maximum Gasteiger partial charge on any atom is 0.255 e. The molecule has 0 unspecified atom stereocenters. The van der Waals surface area contributed by atoms with Gasteiger partial charge in [0.25, 0.3) is 5.91 Å². The molecule has 1 aromatic heterocycles. The van der Waals surface area contributed by atoms with Gasteiger partial charge in [-0.1, -0.05) is 25.5 Å². The van der Waals surface area contributed by atoms with Gasteiger partial charge in [-0.15, -0.1) is 0 Å². The molecule has 24 heavy (non-hydrogen) atoms. The maximum absolute atomic E-state index is 12.6. The molecule has 4 nitrogen and oxygen atoms in total. The van der Waals surface area contributed by atoms with E-state index in [1.165, 1.54) is 5.56 Å². The Morgan fingerprint density at radius 2 is 1.92 bits per heavy atom. The second-order valence-corrected chi connectivity index (χ2v) is 6.10. The molecular weight excluding hydrogens is 298 g/mol. The van der Waals surface area contributed by atoms with Gasteiger partial charge in [0.15, 0.2) is 0 Å². The van der Waals surface area contributed by atoms with Crippen molar-refractivity contribution in [1.82, 2.24) is 9.88 Å². The van der Waals surface area contributed by atoms with Crippen LogP contribution in [0.1, 0.15) is 42.6 Å². The highest BCUT2D eigenvalue weighted by molar-refractivity contribution is 5.94. The number of carbonyl (C=O) groups excluding carboxylic acids is 1. The first-order valence-electron chi connectivity index (χ1n) is 8.61. The number of rotatable bonds is 7. The number of pyridine rings is 1. The minimum atomic E-state index is 0.0260. The van der Waals surface area contributed by atoms with Gasteiger partial charge in [0, 0.05) is 32.0 Å². The predicted octanol–water partition coefficient (Wildman–Crippen LogP) is 4.42. The molecule has 0 saturated carbocycles. The van der Waals surface area contributed by atoms with Gasteiger partial charge in [-0.3, -0.25) is 9.78 Å². The molecule has 0 aliphatic rings. The molecule has 0 fully saturated rings. The number of hydrogen-bond donors (Lipinski definition) is 0. The minimum Gasteiger partial charge on any atom is -0.342 e. The summed E-state index contributed by atoms with van der Waals surface area (Å²) in [7, 11) is 1.85. The molecule has 0 radical (unpaired) electrons. The average molecular weight is 325 g/mol. The number of benzene rings is 1. The second kappa shape index (κ2) is 8.48. The molecule has 2 aromatic rings. The Morgan fingerprint density at radius 3 is 2.58 bits per heavy atom. The third kappa shape index (κ3) is 4.34. The van der Waals surface area contributed by atoms with E-state index in [-0.39, 0.29) is 5.91 Å². The predicted molar refractivity (Wildman–Crippen MR) is 100.0 cm³/mol. The first-order chi connectivity index (χ1) is 11.6. The van der Waals surface area contributed by atoms with E-state index in [9.17, 15) is 4.79 Å². The Labute approximate surface area is 145 Å². The van der Waals surface area contributed by atoms with E-state index < -0.39 is 0 Å². The molecule has 0 saturated heterocycles. The molecule has 1 amide bonds. The summed E-state index contributed by atoms with van der Waals surface area (Å²) < 4.78 is 0. The molecule has 0 spiro atoms. The standard InChI is InChI=1S/C20H27N3O/c1-5-7-11-22(4)20(24)17-13-19(15-21-14-17)23(6-2)18-10-8-9-16(3)12-18/h8-10,12-15H,5-7,11H2,1-4H3. The van der Waals surface area contributed by atoms with E-state index in [1.54, 1.807) is 11.1 Å². The quantitative estimate of drug-likeness (QED) is 0.756. The Balaban J connectivity index is 2.26. The van der Waals surface area contributed by atoms with Crippen LogP contribution in [-0.4, -0.2) is 35.9 Å². The van der Waals surface area contributed by atoms with Gasteiger partial charge in [-0.2, -0.15) is 0 Å². The highest BCUT2D eigenvalue weighted by atomic mass is 16.2. The molecule has 2 rings (SSSR count). The van der Waals surface area contributed by atoms with Crippen molar-refractivity contribution in [2.45, 2.75) is 33.6 Å². The zero-order valence-electron chi connectivity index (χ0n) is 15.1. The number of amides is 1. The summed E-state index contributed by atoms with van der Waals surface area (Å²) in [6, 6.07) is 10.3. The topological polar surface area (TPSA) is 36.4 Å². The van der Waals surface area contributed by atoms with Crippen LogP contribution in [0.5, 0.6) is 0 Å². The van der Waals surface area contributed by atoms with Crippen LogP contribution >= 0.6 is 0 Å². The number of aromatic nitrogens is 1. The van der Waals surface area contributed by atoms with Crippen molar-refractivity contribution in [2.75, 3.05) is 25.0 Å².